The van der Waals surface area contributed by atoms with E-state index < -0.39 is 12.5 Å². The van der Waals surface area contributed by atoms with E-state index in [-0.39, 0.29) is 5.70 Å². The molecule has 0 saturated heterocycles. The Morgan fingerprint density at radius 1 is 1.33 bits per heavy atom. The number of nitrogens with two attached hydrogens (primary N) is 2. The molecule has 0 amide bonds. The average Bonchev–Trinajstić information content (AvgIpc) is 3.40. The number of aromatic nitrogens is 1. The van der Waals surface area contributed by atoms with Crippen LogP contribution in [0.3, 0.4) is 0 Å². The second-order valence-electron chi connectivity index (χ2n) is 5.70. The van der Waals surface area contributed by atoms with E-state index >= 15 is 0 Å². The minimum atomic E-state index is -0.868. The highest BCUT2D eigenvalue weighted by Gasteiger charge is 2.26. The highest BCUT2D eigenvalue weighted by atomic mass is 35.5. The maximum atomic E-state index is 13.7. The van der Waals surface area contributed by atoms with Gasteiger partial charge in [-0.3, -0.25) is 5.01 Å². The molecular formula is C17H17ClF2N4. The van der Waals surface area contributed by atoms with E-state index in [2.05, 4.69) is 4.98 Å². The molecule has 2 aromatic rings. The summed E-state index contributed by atoms with van der Waals surface area (Å²) in [6.07, 6.45) is 3.21. The Kier molecular flexibility index (Phi) is 4.69. The van der Waals surface area contributed by atoms with E-state index in [0.29, 0.717) is 22.3 Å². The Morgan fingerprint density at radius 3 is 2.71 bits per heavy atom. The molecule has 1 aromatic carbocycles. The van der Waals surface area contributed by atoms with Gasteiger partial charge in [0.15, 0.2) is 0 Å². The molecule has 0 aliphatic heterocycles. The first-order valence-corrected chi connectivity index (χ1v) is 7.90. The zero-order valence-corrected chi connectivity index (χ0v) is 13.6. The summed E-state index contributed by atoms with van der Waals surface area (Å²) in [5.41, 5.74) is 8.00. The maximum Gasteiger partial charge on any atom is 0.132 e. The molecule has 1 fully saturated rings. The summed E-state index contributed by atoms with van der Waals surface area (Å²) < 4.78 is 26.8. The van der Waals surface area contributed by atoms with Gasteiger partial charge < -0.3 is 5.73 Å². The molecule has 4 nitrogen and oxygen atoms in total. The number of nitrogens with zero attached hydrogens (tertiary/aromatic N) is 2. The van der Waals surface area contributed by atoms with Crippen molar-refractivity contribution in [2.24, 2.45) is 11.6 Å². The van der Waals surface area contributed by atoms with Crippen LogP contribution >= 0.6 is 11.6 Å². The molecule has 7 heteroatoms. The van der Waals surface area contributed by atoms with Gasteiger partial charge in [0.1, 0.15) is 17.6 Å². The van der Waals surface area contributed by atoms with Gasteiger partial charge in [0.25, 0.3) is 0 Å². The number of hydrogen-bond acceptors (Lipinski definition) is 4. The van der Waals surface area contributed by atoms with Crippen LogP contribution in [0.5, 0.6) is 0 Å². The molecule has 1 aliphatic carbocycles. The first-order chi connectivity index (χ1) is 11.5. The van der Waals surface area contributed by atoms with Crippen LogP contribution in [0.15, 0.2) is 42.2 Å². The Balaban J connectivity index is 2.11. The molecule has 0 unspecified atom stereocenters. The first-order valence-electron chi connectivity index (χ1n) is 7.52. The van der Waals surface area contributed by atoms with Crippen molar-refractivity contribution in [2.45, 2.75) is 18.8 Å². The Morgan fingerprint density at radius 2 is 2.08 bits per heavy atom. The van der Waals surface area contributed by atoms with Crippen LogP contribution in [-0.2, 0) is 0 Å². The molecule has 1 aliphatic rings. The minimum Gasteiger partial charge on any atom is -0.403 e. The van der Waals surface area contributed by atoms with Crippen LogP contribution in [0.1, 0.15) is 24.5 Å². The molecule has 126 valence electrons. The van der Waals surface area contributed by atoms with Gasteiger partial charge >= 0.3 is 0 Å². The number of allylic oxidation sites excluding steroid dienone is 1. The first kappa shape index (κ1) is 16.7. The van der Waals surface area contributed by atoms with Crippen LogP contribution in [0.25, 0.3) is 11.1 Å². The van der Waals surface area contributed by atoms with Crippen molar-refractivity contribution in [3.63, 3.8) is 0 Å². The number of pyridine rings is 1. The van der Waals surface area contributed by atoms with Crippen molar-refractivity contribution < 1.29 is 8.78 Å². The number of rotatable bonds is 5. The molecule has 24 heavy (non-hydrogen) atoms. The van der Waals surface area contributed by atoms with Crippen molar-refractivity contribution >= 4 is 17.3 Å². The van der Waals surface area contributed by atoms with Gasteiger partial charge in [-0.25, -0.2) is 19.6 Å². The van der Waals surface area contributed by atoms with Crippen molar-refractivity contribution in [1.29, 1.82) is 0 Å². The SMILES string of the molecule is N/C=C(/CF)N(N)c1cc(F)ccc1-c1cc(Cl)nc(C2CC2)c1. The van der Waals surface area contributed by atoms with E-state index in [1.54, 1.807) is 12.1 Å². The smallest absolute Gasteiger partial charge is 0.132 e. The van der Waals surface area contributed by atoms with Gasteiger partial charge in [-0.1, -0.05) is 11.6 Å². The van der Waals surface area contributed by atoms with Gasteiger partial charge in [0.2, 0.25) is 0 Å². The van der Waals surface area contributed by atoms with E-state index in [4.69, 9.17) is 23.2 Å². The summed E-state index contributed by atoms with van der Waals surface area (Å²) >= 11 is 6.13. The highest BCUT2D eigenvalue weighted by molar-refractivity contribution is 6.29. The molecule has 1 saturated carbocycles. The van der Waals surface area contributed by atoms with Crippen LogP contribution in [0.2, 0.25) is 5.15 Å². The molecule has 1 heterocycles. The second-order valence-corrected chi connectivity index (χ2v) is 6.09. The zero-order valence-electron chi connectivity index (χ0n) is 12.8. The number of hydrogen-bond donors (Lipinski definition) is 2. The van der Waals surface area contributed by atoms with Gasteiger partial charge in [0.05, 0.1) is 11.4 Å². The Bertz CT molecular complexity index is 790. The third kappa shape index (κ3) is 3.34. The van der Waals surface area contributed by atoms with Crippen LogP contribution < -0.4 is 16.6 Å². The fraction of sp³-hybridized carbons (Fsp3) is 0.235. The molecule has 0 atom stereocenters. The van der Waals surface area contributed by atoms with E-state index in [0.717, 1.165) is 35.3 Å². The summed E-state index contributed by atoms with van der Waals surface area (Å²) in [6.45, 7) is -0.868. The molecular weight excluding hydrogens is 334 g/mol. The van der Waals surface area contributed by atoms with E-state index in [1.807, 2.05) is 6.07 Å². The standard InChI is InChI=1S/C17H17ClF2N4/c18-17-6-11(5-15(23-17)10-1-2-10)14-4-3-12(20)7-16(14)24(22)13(8-19)9-21/h3-7,9-10H,1-2,8,21-22H2/b13-9-. The summed E-state index contributed by atoms with van der Waals surface area (Å²) in [5.74, 6) is 5.87. The molecule has 0 radical (unpaired) electrons. The summed E-state index contributed by atoms with van der Waals surface area (Å²) in [4.78, 5) is 4.34. The molecule has 1 aromatic heterocycles. The quantitative estimate of drug-likeness (QED) is 0.488. The van der Waals surface area contributed by atoms with Crippen LogP contribution in [0.4, 0.5) is 14.5 Å². The monoisotopic (exact) mass is 350 g/mol. The van der Waals surface area contributed by atoms with E-state index in [1.165, 1.54) is 12.1 Å². The van der Waals surface area contributed by atoms with Gasteiger partial charge in [-0.15, -0.1) is 0 Å². The number of benzene rings is 1. The summed E-state index contributed by atoms with van der Waals surface area (Å²) in [6, 6.07) is 7.73. The number of hydrazine groups is 1. The maximum absolute atomic E-state index is 13.7. The van der Waals surface area contributed by atoms with Crippen LogP contribution in [-0.4, -0.2) is 11.7 Å². The molecule has 3 rings (SSSR count). The van der Waals surface area contributed by atoms with Crippen LogP contribution in [0, 0.1) is 5.82 Å². The molecule has 0 bridgehead atoms. The Hall–Kier alpha value is -2.18. The minimum absolute atomic E-state index is 0.0319. The highest BCUT2D eigenvalue weighted by Crippen LogP contribution is 2.42. The van der Waals surface area contributed by atoms with Gasteiger partial charge in [-0.05, 0) is 48.7 Å². The average molecular weight is 351 g/mol. The topological polar surface area (TPSA) is 68.2 Å². The van der Waals surface area contributed by atoms with Crippen molar-refractivity contribution in [1.82, 2.24) is 4.98 Å². The van der Waals surface area contributed by atoms with Gasteiger partial charge in [-0.2, -0.15) is 0 Å². The third-order valence-corrected chi connectivity index (χ3v) is 4.17. The van der Waals surface area contributed by atoms with Crippen molar-refractivity contribution in [2.75, 3.05) is 11.7 Å². The van der Waals surface area contributed by atoms with E-state index in [9.17, 15) is 8.78 Å². The molecule has 4 N–H and O–H groups in total. The predicted octanol–water partition coefficient (Wildman–Crippen LogP) is 3.87. The lowest BCUT2D eigenvalue weighted by molar-refractivity contribution is 0.531. The lowest BCUT2D eigenvalue weighted by Crippen LogP contribution is -2.32. The largest absolute Gasteiger partial charge is 0.403 e. The fourth-order valence-electron chi connectivity index (χ4n) is 2.55. The number of halogens is 3. The third-order valence-electron chi connectivity index (χ3n) is 3.98. The molecule has 0 spiro atoms. The normalized spacial score (nSPS) is 14.8. The predicted molar refractivity (Wildman–Crippen MR) is 91.5 cm³/mol. The van der Waals surface area contributed by atoms with Gasteiger partial charge in [0, 0.05) is 23.4 Å². The zero-order chi connectivity index (χ0) is 17.3. The lowest BCUT2D eigenvalue weighted by atomic mass is 10.0. The second kappa shape index (κ2) is 6.75. The number of alkyl halides is 1. The number of anilines is 1. The summed E-state index contributed by atoms with van der Waals surface area (Å²) in [5, 5.41) is 1.40. The van der Waals surface area contributed by atoms with Crippen molar-refractivity contribution in [3.8, 4) is 11.1 Å². The lowest BCUT2D eigenvalue weighted by Gasteiger charge is -2.23. The van der Waals surface area contributed by atoms with Crippen molar-refractivity contribution in [3.05, 3.63) is 58.9 Å². The Labute approximate surface area is 143 Å². The fourth-order valence-corrected chi connectivity index (χ4v) is 2.77. The summed E-state index contributed by atoms with van der Waals surface area (Å²) in [7, 11) is 0.